The molecule has 3 N–H and O–H groups in total. The number of nitrogens with one attached hydrogen (secondary N) is 1. The molecule has 1 heterocycles. The predicted octanol–water partition coefficient (Wildman–Crippen LogP) is 0.675. The lowest BCUT2D eigenvalue weighted by atomic mass is 10.4. The van der Waals surface area contributed by atoms with E-state index >= 15 is 0 Å². The highest BCUT2D eigenvalue weighted by Gasteiger charge is 2.04. The Labute approximate surface area is 92.7 Å². The fraction of sp³-hybridized carbons (Fsp3) is 0.333. The minimum Gasteiger partial charge on any atom is -0.349 e. The summed E-state index contributed by atoms with van der Waals surface area (Å²) in [6.45, 7) is 0.951. The number of rotatable bonds is 3. The van der Waals surface area contributed by atoms with Crippen LogP contribution >= 0.6 is 36.2 Å². The van der Waals surface area contributed by atoms with E-state index in [4.69, 9.17) is 5.73 Å². The van der Waals surface area contributed by atoms with Gasteiger partial charge in [0.25, 0.3) is 5.91 Å². The predicted molar refractivity (Wildman–Crippen MR) is 58.0 cm³/mol. The van der Waals surface area contributed by atoms with Gasteiger partial charge in [-0.15, -0.1) is 36.2 Å². The van der Waals surface area contributed by atoms with Crippen molar-refractivity contribution in [2.45, 2.75) is 0 Å². The van der Waals surface area contributed by atoms with Crippen molar-refractivity contribution in [1.82, 2.24) is 10.3 Å². The number of nitrogens with zero attached hydrogens (tertiary/aromatic N) is 1. The molecule has 1 rings (SSSR count). The fourth-order valence-corrected chi connectivity index (χ4v) is 1.13. The second kappa shape index (κ2) is 8.25. The molecule has 0 aliphatic rings. The van der Waals surface area contributed by atoms with Gasteiger partial charge < -0.3 is 11.1 Å². The largest absolute Gasteiger partial charge is 0.349 e. The number of carbonyl (C=O) groups is 1. The van der Waals surface area contributed by atoms with Gasteiger partial charge >= 0.3 is 0 Å². The van der Waals surface area contributed by atoms with Crippen molar-refractivity contribution >= 4 is 42.1 Å². The molecule has 4 nitrogen and oxygen atoms in total. The quantitative estimate of drug-likeness (QED) is 0.821. The topological polar surface area (TPSA) is 68.0 Å². The zero-order valence-corrected chi connectivity index (χ0v) is 9.18. The van der Waals surface area contributed by atoms with Crippen molar-refractivity contribution in [3.8, 4) is 0 Å². The normalized spacial score (nSPS) is 8.08. The number of thiazole rings is 1. The van der Waals surface area contributed by atoms with E-state index in [1.165, 1.54) is 11.3 Å². The third kappa shape index (κ3) is 5.05. The number of hydrogen-bond acceptors (Lipinski definition) is 4. The Morgan fingerprint density at radius 3 is 2.77 bits per heavy atom. The van der Waals surface area contributed by atoms with Gasteiger partial charge in [0.1, 0.15) is 5.69 Å². The molecule has 0 atom stereocenters. The van der Waals surface area contributed by atoms with Gasteiger partial charge in [0.05, 0.1) is 5.51 Å². The second-order valence-electron chi connectivity index (χ2n) is 1.92. The van der Waals surface area contributed by atoms with Crippen LogP contribution < -0.4 is 11.1 Å². The zero-order valence-electron chi connectivity index (χ0n) is 6.73. The number of halogens is 2. The summed E-state index contributed by atoms with van der Waals surface area (Å²) in [7, 11) is 0. The van der Waals surface area contributed by atoms with E-state index in [1.54, 1.807) is 10.9 Å². The van der Waals surface area contributed by atoms with E-state index < -0.39 is 0 Å². The standard InChI is InChI=1S/C6H9N3OS.2ClH/c7-1-2-8-6(10)5-3-11-4-9-5;;/h3-4H,1-2,7H2,(H,8,10);2*1H. The van der Waals surface area contributed by atoms with E-state index in [1.807, 2.05) is 0 Å². The molecule has 1 aromatic rings. The summed E-state index contributed by atoms with van der Waals surface area (Å²) >= 11 is 1.40. The van der Waals surface area contributed by atoms with E-state index in [9.17, 15) is 4.79 Å². The molecule has 0 aromatic carbocycles. The summed E-state index contributed by atoms with van der Waals surface area (Å²) in [6.07, 6.45) is 0. The van der Waals surface area contributed by atoms with Crippen LogP contribution in [0.4, 0.5) is 0 Å². The van der Waals surface area contributed by atoms with Crippen molar-refractivity contribution < 1.29 is 4.79 Å². The average molecular weight is 244 g/mol. The highest BCUT2D eigenvalue weighted by molar-refractivity contribution is 7.07. The van der Waals surface area contributed by atoms with Crippen LogP contribution in [0.3, 0.4) is 0 Å². The molecule has 0 saturated carbocycles. The first-order valence-corrected chi connectivity index (χ1v) is 4.15. The number of amides is 1. The van der Waals surface area contributed by atoms with E-state index in [0.29, 0.717) is 18.8 Å². The average Bonchev–Trinajstić information content (AvgIpc) is 2.52. The molecule has 0 aliphatic carbocycles. The van der Waals surface area contributed by atoms with Gasteiger partial charge in [-0.25, -0.2) is 4.98 Å². The maximum Gasteiger partial charge on any atom is 0.270 e. The monoisotopic (exact) mass is 243 g/mol. The van der Waals surface area contributed by atoms with Crippen molar-refractivity contribution in [3.05, 3.63) is 16.6 Å². The summed E-state index contributed by atoms with van der Waals surface area (Å²) in [5, 5.41) is 4.32. The van der Waals surface area contributed by atoms with Crippen molar-refractivity contribution in [3.63, 3.8) is 0 Å². The minimum absolute atomic E-state index is 0. The van der Waals surface area contributed by atoms with Crippen LogP contribution in [0.15, 0.2) is 10.9 Å². The van der Waals surface area contributed by atoms with E-state index in [-0.39, 0.29) is 30.7 Å². The number of nitrogens with two attached hydrogens (primary N) is 1. The minimum atomic E-state index is -0.156. The van der Waals surface area contributed by atoms with Crippen LogP contribution in [-0.4, -0.2) is 24.0 Å². The molecule has 1 aromatic heterocycles. The van der Waals surface area contributed by atoms with Crippen LogP contribution in [0.25, 0.3) is 0 Å². The highest BCUT2D eigenvalue weighted by atomic mass is 35.5. The Morgan fingerprint density at radius 1 is 1.62 bits per heavy atom. The summed E-state index contributed by atoms with van der Waals surface area (Å²) in [5.74, 6) is -0.156. The molecule has 0 fully saturated rings. The molecule has 0 saturated heterocycles. The lowest BCUT2D eigenvalue weighted by Crippen LogP contribution is -2.29. The Hall–Kier alpha value is -0.360. The molecule has 0 aliphatic heterocycles. The molecule has 7 heteroatoms. The van der Waals surface area contributed by atoms with Gasteiger partial charge in [-0.3, -0.25) is 4.79 Å². The van der Waals surface area contributed by atoms with Crippen LogP contribution in [0.1, 0.15) is 10.5 Å². The summed E-state index contributed by atoms with van der Waals surface area (Å²) in [6, 6.07) is 0. The highest BCUT2D eigenvalue weighted by Crippen LogP contribution is 1.99. The van der Waals surface area contributed by atoms with Crippen molar-refractivity contribution in [2.75, 3.05) is 13.1 Å². The van der Waals surface area contributed by atoms with Gasteiger partial charge in [-0.1, -0.05) is 0 Å². The molecular formula is C6H11Cl2N3OS. The smallest absolute Gasteiger partial charge is 0.270 e. The number of aromatic nitrogens is 1. The van der Waals surface area contributed by atoms with Crippen LogP contribution in [0.2, 0.25) is 0 Å². The summed E-state index contributed by atoms with van der Waals surface area (Å²) in [4.78, 5) is 14.9. The molecular weight excluding hydrogens is 233 g/mol. The van der Waals surface area contributed by atoms with Crippen LogP contribution in [-0.2, 0) is 0 Å². The van der Waals surface area contributed by atoms with Crippen LogP contribution in [0.5, 0.6) is 0 Å². The molecule has 76 valence electrons. The second-order valence-corrected chi connectivity index (χ2v) is 2.64. The van der Waals surface area contributed by atoms with Crippen LogP contribution in [0, 0.1) is 0 Å². The Balaban J connectivity index is 0. The number of carbonyl (C=O) groups excluding carboxylic acids is 1. The molecule has 0 bridgehead atoms. The van der Waals surface area contributed by atoms with Crippen molar-refractivity contribution in [1.29, 1.82) is 0 Å². The van der Waals surface area contributed by atoms with Gasteiger partial charge in [-0.2, -0.15) is 0 Å². The molecule has 0 unspecified atom stereocenters. The maximum absolute atomic E-state index is 11.0. The third-order valence-electron chi connectivity index (χ3n) is 1.09. The Bertz CT molecular complexity index is 230. The van der Waals surface area contributed by atoms with Gasteiger partial charge in [0.15, 0.2) is 0 Å². The van der Waals surface area contributed by atoms with Crippen molar-refractivity contribution in [2.24, 2.45) is 5.73 Å². The summed E-state index contributed by atoms with van der Waals surface area (Å²) in [5.41, 5.74) is 7.28. The zero-order chi connectivity index (χ0) is 8.10. The molecule has 0 spiro atoms. The van der Waals surface area contributed by atoms with Gasteiger partial charge in [-0.05, 0) is 0 Å². The first kappa shape index (κ1) is 15.1. The van der Waals surface area contributed by atoms with E-state index in [0.717, 1.165) is 0 Å². The SMILES string of the molecule is Cl.Cl.NCCNC(=O)c1cscn1. The lowest BCUT2D eigenvalue weighted by molar-refractivity contribution is 0.0950. The van der Waals surface area contributed by atoms with Gasteiger partial charge in [0, 0.05) is 18.5 Å². The van der Waals surface area contributed by atoms with E-state index in [2.05, 4.69) is 10.3 Å². The molecule has 13 heavy (non-hydrogen) atoms. The Morgan fingerprint density at radius 2 is 2.31 bits per heavy atom. The fourth-order valence-electron chi connectivity index (χ4n) is 0.601. The number of hydrogen-bond donors (Lipinski definition) is 2. The first-order chi connectivity index (χ1) is 5.34. The molecule has 0 radical (unpaired) electrons. The third-order valence-corrected chi connectivity index (χ3v) is 1.68. The maximum atomic E-state index is 11.0. The molecule has 1 amide bonds. The summed E-state index contributed by atoms with van der Waals surface area (Å²) < 4.78 is 0. The lowest BCUT2D eigenvalue weighted by Gasteiger charge is -1.98. The first-order valence-electron chi connectivity index (χ1n) is 3.21. The Kier molecular flexibility index (Phi) is 9.60. The van der Waals surface area contributed by atoms with Gasteiger partial charge in [0.2, 0.25) is 0 Å².